The zero-order chi connectivity index (χ0) is 16.0. The molecule has 0 aromatic heterocycles. The predicted octanol–water partition coefficient (Wildman–Crippen LogP) is 0.854. The summed E-state index contributed by atoms with van der Waals surface area (Å²) in [6.07, 6.45) is -0.144. The fourth-order valence-electron chi connectivity index (χ4n) is 1.91. The lowest BCUT2D eigenvalue weighted by Gasteiger charge is -2.21. The number of nitrogens with two attached hydrogens (primary N) is 2. The van der Waals surface area contributed by atoms with Crippen LogP contribution < -0.4 is 21.5 Å². The number of primary amides is 1. The van der Waals surface area contributed by atoms with Gasteiger partial charge in [-0.1, -0.05) is 18.2 Å². The Morgan fingerprint density at radius 2 is 1.86 bits per heavy atom. The third kappa shape index (κ3) is 5.43. The van der Waals surface area contributed by atoms with Crippen molar-refractivity contribution in [2.75, 3.05) is 0 Å². The number of nitrogens with one attached hydrogen (secondary N) is 1. The number of hydrogen-bond acceptors (Lipinski definition) is 4. The molecular weight excluding hydrogens is 270 g/mol. The summed E-state index contributed by atoms with van der Waals surface area (Å²) in [6.45, 7) is 5.70. The summed E-state index contributed by atoms with van der Waals surface area (Å²) >= 11 is 0. The molecule has 1 rings (SSSR count). The summed E-state index contributed by atoms with van der Waals surface area (Å²) in [5.41, 5.74) is 11.5. The van der Waals surface area contributed by atoms with E-state index in [1.807, 2.05) is 45.0 Å². The molecule has 0 saturated heterocycles. The Hall–Kier alpha value is -2.08. The number of para-hydroxylation sites is 1. The molecule has 6 nitrogen and oxygen atoms in total. The molecule has 0 saturated carbocycles. The van der Waals surface area contributed by atoms with Crippen LogP contribution >= 0.6 is 0 Å². The highest BCUT2D eigenvalue weighted by molar-refractivity contribution is 5.87. The van der Waals surface area contributed by atoms with Crippen LogP contribution in [0.25, 0.3) is 0 Å². The van der Waals surface area contributed by atoms with E-state index in [4.69, 9.17) is 16.2 Å². The van der Waals surface area contributed by atoms with Crippen LogP contribution in [0.5, 0.6) is 5.75 Å². The van der Waals surface area contributed by atoms with Crippen molar-refractivity contribution in [1.82, 2.24) is 5.32 Å². The highest BCUT2D eigenvalue weighted by Crippen LogP contribution is 2.25. The molecule has 2 unspecified atom stereocenters. The average molecular weight is 293 g/mol. The van der Waals surface area contributed by atoms with Gasteiger partial charge in [0.15, 0.2) is 0 Å². The molecule has 0 heterocycles. The van der Waals surface area contributed by atoms with Crippen molar-refractivity contribution in [2.24, 2.45) is 11.5 Å². The van der Waals surface area contributed by atoms with Crippen molar-refractivity contribution in [3.8, 4) is 5.75 Å². The summed E-state index contributed by atoms with van der Waals surface area (Å²) in [5.74, 6) is -0.307. The van der Waals surface area contributed by atoms with Crippen molar-refractivity contribution in [2.45, 2.75) is 45.4 Å². The van der Waals surface area contributed by atoms with Gasteiger partial charge in [0.1, 0.15) is 5.75 Å². The second-order valence-corrected chi connectivity index (χ2v) is 5.21. The summed E-state index contributed by atoms with van der Waals surface area (Å²) in [5, 5.41) is 2.76. The lowest BCUT2D eigenvalue weighted by Crippen LogP contribution is -2.43. The van der Waals surface area contributed by atoms with Crippen LogP contribution in [0.2, 0.25) is 0 Å². The van der Waals surface area contributed by atoms with E-state index in [0.29, 0.717) is 5.75 Å². The maximum atomic E-state index is 11.9. The van der Waals surface area contributed by atoms with E-state index in [1.54, 1.807) is 0 Å². The van der Waals surface area contributed by atoms with E-state index in [9.17, 15) is 9.59 Å². The molecule has 1 aromatic rings. The van der Waals surface area contributed by atoms with Crippen LogP contribution in [0.15, 0.2) is 24.3 Å². The van der Waals surface area contributed by atoms with Crippen LogP contribution in [0.3, 0.4) is 0 Å². The van der Waals surface area contributed by atoms with Crippen molar-refractivity contribution in [3.05, 3.63) is 29.8 Å². The Balaban J connectivity index is 2.77. The van der Waals surface area contributed by atoms with E-state index in [0.717, 1.165) is 5.56 Å². The molecule has 116 valence electrons. The number of amides is 2. The van der Waals surface area contributed by atoms with Gasteiger partial charge >= 0.3 is 0 Å². The zero-order valence-corrected chi connectivity index (χ0v) is 12.6. The van der Waals surface area contributed by atoms with Gasteiger partial charge in [0.05, 0.1) is 24.6 Å². The van der Waals surface area contributed by atoms with Gasteiger partial charge in [0.2, 0.25) is 11.8 Å². The Morgan fingerprint density at radius 3 is 2.43 bits per heavy atom. The normalized spacial score (nSPS) is 13.6. The molecule has 1 aromatic carbocycles. The monoisotopic (exact) mass is 293 g/mol. The predicted molar refractivity (Wildman–Crippen MR) is 80.6 cm³/mol. The van der Waals surface area contributed by atoms with Crippen LogP contribution in [0.1, 0.15) is 38.8 Å². The van der Waals surface area contributed by atoms with E-state index < -0.39 is 17.9 Å². The third-order valence-electron chi connectivity index (χ3n) is 2.86. The molecule has 6 heteroatoms. The summed E-state index contributed by atoms with van der Waals surface area (Å²) in [6, 6.07) is 6.24. The van der Waals surface area contributed by atoms with Crippen molar-refractivity contribution in [1.29, 1.82) is 0 Å². The standard InChI is InChI=1S/C15H23N3O3/c1-9(2)21-13-7-5-4-6-11(13)10(3)18-15(20)12(16)8-14(17)19/h4-7,9-10,12H,8,16H2,1-3H3,(H2,17,19)(H,18,20). The molecule has 21 heavy (non-hydrogen) atoms. The summed E-state index contributed by atoms with van der Waals surface area (Å²) < 4.78 is 5.72. The van der Waals surface area contributed by atoms with Gasteiger partial charge in [-0.25, -0.2) is 0 Å². The Labute approximate surface area is 124 Å². The number of hydrogen-bond donors (Lipinski definition) is 3. The minimum absolute atomic E-state index is 0.0335. The van der Waals surface area contributed by atoms with Gasteiger partial charge in [0.25, 0.3) is 0 Å². The molecule has 2 amide bonds. The van der Waals surface area contributed by atoms with Crippen molar-refractivity contribution >= 4 is 11.8 Å². The Morgan fingerprint density at radius 1 is 1.24 bits per heavy atom. The van der Waals surface area contributed by atoms with Gasteiger partial charge in [-0.3, -0.25) is 9.59 Å². The fraction of sp³-hybridized carbons (Fsp3) is 0.467. The van der Waals surface area contributed by atoms with E-state index in [-0.39, 0.29) is 18.6 Å². The lowest BCUT2D eigenvalue weighted by molar-refractivity contribution is -0.126. The first-order valence-corrected chi connectivity index (χ1v) is 6.91. The van der Waals surface area contributed by atoms with Gasteiger partial charge < -0.3 is 21.5 Å². The molecular formula is C15H23N3O3. The van der Waals surface area contributed by atoms with Crippen LogP contribution in [-0.2, 0) is 9.59 Å². The molecule has 5 N–H and O–H groups in total. The molecule has 0 radical (unpaired) electrons. The minimum Gasteiger partial charge on any atom is -0.491 e. The second kappa shape index (κ2) is 7.64. The average Bonchev–Trinajstić information content (AvgIpc) is 2.37. The maximum Gasteiger partial charge on any atom is 0.237 e. The molecule has 0 bridgehead atoms. The second-order valence-electron chi connectivity index (χ2n) is 5.21. The van der Waals surface area contributed by atoms with Crippen LogP contribution in [0.4, 0.5) is 0 Å². The highest BCUT2D eigenvalue weighted by Gasteiger charge is 2.20. The largest absolute Gasteiger partial charge is 0.491 e. The molecule has 0 aliphatic rings. The van der Waals surface area contributed by atoms with Crippen molar-refractivity contribution in [3.63, 3.8) is 0 Å². The quantitative estimate of drug-likeness (QED) is 0.692. The van der Waals surface area contributed by atoms with Gasteiger partial charge in [0, 0.05) is 5.56 Å². The smallest absolute Gasteiger partial charge is 0.237 e. The molecule has 0 aliphatic carbocycles. The first-order chi connectivity index (χ1) is 9.81. The highest BCUT2D eigenvalue weighted by atomic mass is 16.5. The zero-order valence-electron chi connectivity index (χ0n) is 12.6. The summed E-state index contributed by atoms with van der Waals surface area (Å²) in [7, 11) is 0. The fourth-order valence-corrected chi connectivity index (χ4v) is 1.91. The van der Waals surface area contributed by atoms with E-state index in [1.165, 1.54) is 0 Å². The van der Waals surface area contributed by atoms with E-state index >= 15 is 0 Å². The number of rotatable bonds is 7. The van der Waals surface area contributed by atoms with Gasteiger partial charge in [-0.2, -0.15) is 0 Å². The molecule has 2 atom stereocenters. The number of benzene rings is 1. The molecule has 0 aliphatic heterocycles. The third-order valence-corrected chi connectivity index (χ3v) is 2.86. The van der Waals surface area contributed by atoms with Gasteiger partial charge in [-0.05, 0) is 26.8 Å². The SMILES string of the molecule is CC(C)Oc1ccccc1C(C)NC(=O)C(N)CC(N)=O. The lowest BCUT2D eigenvalue weighted by atomic mass is 10.1. The minimum atomic E-state index is -0.942. The number of carbonyl (C=O) groups is 2. The first kappa shape index (κ1) is 17.0. The Kier molecular flexibility index (Phi) is 6.17. The topological polar surface area (TPSA) is 107 Å². The maximum absolute atomic E-state index is 11.9. The molecule has 0 fully saturated rings. The molecule has 0 spiro atoms. The summed E-state index contributed by atoms with van der Waals surface area (Å²) in [4.78, 5) is 22.7. The number of ether oxygens (including phenoxy) is 1. The van der Waals surface area contributed by atoms with Crippen molar-refractivity contribution < 1.29 is 14.3 Å². The number of carbonyl (C=O) groups excluding carboxylic acids is 2. The Bertz CT molecular complexity index is 503. The van der Waals surface area contributed by atoms with E-state index in [2.05, 4.69) is 5.32 Å². The van der Waals surface area contributed by atoms with Gasteiger partial charge in [-0.15, -0.1) is 0 Å². The first-order valence-electron chi connectivity index (χ1n) is 6.91. The van der Waals surface area contributed by atoms with Crippen LogP contribution in [-0.4, -0.2) is 24.0 Å². The van der Waals surface area contributed by atoms with Crippen LogP contribution in [0, 0.1) is 0 Å².